The van der Waals surface area contributed by atoms with Crippen LogP contribution in [0.15, 0.2) is 55.0 Å². The lowest BCUT2D eigenvalue weighted by atomic mass is 10.1. The summed E-state index contributed by atoms with van der Waals surface area (Å²) in [6.07, 6.45) is 4.42. The van der Waals surface area contributed by atoms with Crippen molar-refractivity contribution in [1.29, 1.82) is 0 Å². The van der Waals surface area contributed by atoms with Crippen molar-refractivity contribution in [3.63, 3.8) is 0 Å². The van der Waals surface area contributed by atoms with Gasteiger partial charge >= 0.3 is 0 Å². The second kappa shape index (κ2) is 7.89. The third-order valence-electron chi connectivity index (χ3n) is 6.08. The van der Waals surface area contributed by atoms with Crippen LogP contribution in [0.4, 0.5) is 5.69 Å². The van der Waals surface area contributed by atoms with Crippen LogP contribution < -0.4 is 10.1 Å². The Morgan fingerprint density at radius 3 is 3.03 bits per heavy atom. The highest BCUT2D eigenvalue weighted by molar-refractivity contribution is 5.84. The molecule has 6 bridgehead atoms. The van der Waals surface area contributed by atoms with E-state index in [9.17, 15) is 4.79 Å². The summed E-state index contributed by atoms with van der Waals surface area (Å²) in [6, 6.07) is 13.2. The standard InChI is InChI=1S/C24H23N5O2/c1-16-18-6-7-21(25-2)23(11-18)31-20-5-3-4-17(10-20)14-28-9-8-22(24(28)30)27-13-19-12-26-15-29(16)19/h3-7,10-12,15-16,22,27H,8-9,13-14H2,1H3/t16?,22-/m1/s1. The van der Waals surface area contributed by atoms with E-state index in [0.29, 0.717) is 30.3 Å². The molecule has 7 nitrogen and oxygen atoms in total. The summed E-state index contributed by atoms with van der Waals surface area (Å²) in [5.74, 6) is 1.31. The number of carbonyl (C=O) groups excluding carboxylic acids is 1. The molecule has 31 heavy (non-hydrogen) atoms. The van der Waals surface area contributed by atoms with Gasteiger partial charge in [-0.25, -0.2) is 9.83 Å². The lowest BCUT2D eigenvalue weighted by Crippen LogP contribution is -2.38. The molecule has 1 saturated heterocycles. The molecule has 1 N–H and O–H groups in total. The maximum absolute atomic E-state index is 12.9. The molecule has 0 spiro atoms. The second-order valence-electron chi connectivity index (χ2n) is 8.04. The zero-order valence-corrected chi connectivity index (χ0v) is 17.3. The summed E-state index contributed by atoms with van der Waals surface area (Å²) in [5, 5.41) is 3.42. The van der Waals surface area contributed by atoms with Crippen LogP contribution in [0.1, 0.15) is 36.2 Å². The van der Waals surface area contributed by atoms with Crippen molar-refractivity contribution in [2.45, 2.75) is 38.5 Å². The summed E-state index contributed by atoms with van der Waals surface area (Å²) >= 11 is 0. The fraction of sp³-hybridized carbons (Fsp3) is 0.292. The van der Waals surface area contributed by atoms with E-state index in [1.165, 1.54) is 0 Å². The molecular weight excluding hydrogens is 390 g/mol. The van der Waals surface area contributed by atoms with Gasteiger partial charge in [0.15, 0.2) is 0 Å². The number of nitrogens with one attached hydrogen (secondary N) is 1. The molecule has 7 heteroatoms. The smallest absolute Gasteiger partial charge is 0.240 e. The molecule has 2 atom stereocenters. The van der Waals surface area contributed by atoms with Crippen molar-refractivity contribution in [2.75, 3.05) is 6.54 Å². The summed E-state index contributed by atoms with van der Waals surface area (Å²) in [5.41, 5.74) is 3.50. The molecule has 2 aliphatic heterocycles. The predicted molar refractivity (Wildman–Crippen MR) is 116 cm³/mol. The number of benzene rings is 2. The number of imidazole rings is 1. The van der Waals surface area contributed by atoms with Gasteiger partial charge in [0.2, 0.25) is 11.6 Å². The first-order valence-corrected chi connectivity index (χ1v) is 10.4. The number of hydrogen-bond acceptors (Lipinski definition) is 4. The molecule has 3 aromatic rings. The minimum Gasteiger partial charge on any atom is -0.468 e. The summed E-state index contributed by atoms with van der Waals surface area (Å²) in [4.78, 5) is 22.7. The molecule has 1 amide bonds. The van der Waals surface area contributed by atoms with Crippen LogP contribution >= 0.6 is 0 Å². The van der Waals surface area contributed by atoms with Gasteiger partial charge < -0.3 is 19.5 Å². The van der Waals surface area contributed by atoms with Gasteiger partial charge in [-0.2, -0.15) is 0 Å². The third kappa shape index (κ3) is 3.66. The van der Waals surface area contributed by atoms with Gasteiger partial charge in [-0.3, -0.25) is 4.79 Å². The quantitative estimate of drug-likeness (QED) is 0.565. The Kier molecular flexibility index (Phi) is 4.92. The maximum atomic E-state index is 12.9. The lowest BCUT2D eigenvalue weighted by Gasteiger charge is -2.21. The molecule has 0 aliphatic carbocycles. The van der Waals surface area contributed by atoms with E-state index in [4.69, 9.17) is 11.3 Å². The molecule has 1 unspecified atom stereocenters. The number of hydrogen-bond donors (Lipinski definition) is 1. The molecule has 2 aromatic carbocycles. The number of rotatable bonds is 0. The van der Waals surface area contributed by atoms with Crippen molar-refractivity contribution >= 4 is 11.6 Å². The number of amides is 1. The largest absolute Gasteiger partial charge is 0.468 e. The Morgan fingerprint density at radius 2 is 2.16 bits per heavy atom. The van der Waals surface area contributed by atoms with Gasteiger partial charge in [-0.05, 0) is 42.7 Å². The summed E-state index contributed by atoms with van der Waals surface area (Å²) in [6.45, 7) is 11.4. The second-order valence-corrected chi connectivity index (χ2v) is 8.04. The molecule has 3 heterocycles. The van der Waals surface area contributed by atoms with Gasteiger partial charge in [-0.1, -0.05) is 24.3 Å². The van der Waals surface area contributed by atoms with Crippen LogP contribution in [0.2, 0.25) is 0 Å². The Labute approximate surface area is 181 Å². The van der Waals surface area contributed by atoms with E-state index < -0.39 is 0 Å². The van der Waals surface area contributed by atoms with Crippen molar-refractivity contribution in [1.82, 2.24) is 19.8 Å². The number of aromatic nitrogens is 2. The Morgan fingerprint density at radius 1 is 1.26 bits per heavy atom. The first-order valence-electron chi connectivity index (χ1n) is 10.4. The van der Waals surface area contributed by atoms with Gasteiger partial charge in [0, 0.05) is 25.8 Å². The monoisotopic (exact) mass is 413 g/mol. The highest BCUT2D eigenvalue weighted by Crippen LogP contribution is 2.36. The average Bonchev–Trinajstić information content (AvgIpc) is 3.38. The van der Waals surface area contributed by atoms with Gasteiger partial charge in [0.1, 0.15) is 11.5 Å². The first-order chi connectivity index (χ1) is 15.1. The third-order valence-corrected chi connectivity index (χ3v) is 6.08. The van der Waals surface area contributed by atoms with Crippen molar-refractivity contribution in [3.05, 3.63) is 83.2 Å². The summed E-state index contributed by atoms with van der Waals surface area (Å²) < 4.78 is 8.24. The Hall–Kier alpha value is -3.63. The van der Waals surface area contributed by atoms with Gasteiger partial charge in [-0.15, -0.1) is 0 Å². The van der Waals surface area contributed by atoms with Crippen LogP contribution in [-0.4, -0.2) is 32.9 Å². The van der Waals surface area contributed by atoms with Crippen LogP contribution in [0.3, 0.4) is 0 Å². The number of ether oxygens (including phenoxy) is 1. The Bertz CT molecular complexity index is 1180. The zero-order valence-electron chi connectivity index (χ0n) is 17.3. The molecule has 0 radical (unpaired) electrons. The minimum atomic E-state index is -0.185. The van der Waals surface area contributed by atoms with E-state index >= 15 is 0 Å². The average molecular weight is 413 g/mol. The fourth-order valence-corrected chi connectivity index (χ4v) is 4.31. The number of nitrogens with zero attached hydrogens (tertiary/aromatic N) is 4. The van der Waals surface area contributed by atoms with E-state index in [2.05, 4.69) is 26.6 Å². The molecule has 1 aromatic heterocycles. The molecule has 156 valence electrons. The van der Waals surface area contributed by atoms with E-state index in [1.807, 2.05) is 47.5 Å². The highest BCUT2D eigenvalue weighted by Gasteiger charge is 2.31. The van der Waals surface area contributed by atoms with Crippen LogP contribution in [0.25, 0.3) is 4.85 Å². The van der Waals surface area contributed by atoms with Crippen molar-refractivity contribution < 1.29 is 9.53 Å². The van der Waals surface area contributed by atoms with Gasteiger partial charge in [0.05, 0.1) is 30.7 Å². The van der Waals surface area contributed by atoms with Crippen molar-refractivity contribution in [2.24, 2.45) is 0 Å². The molecule has 5 rings (SSSR count). The predicted octanol–water partition coefficient (Wildman–Crippen LogP) is 4.04. The van der Waals surface area contributed by atoms with Crippen LogP contribution in [0, 0.1) is 6.57 Å². The van der Waals surface area contributed by atoms with Crippen LogP contribution in [-0.2, 0) is 17.9 Å². The number of fused-ring (bicyclic) bond motifs is 7. The lowest BCUT2D eigenvalue weighted by molar-refractivity contribution is -0.129. The van der Waals surface area contributed by atoms with Gasteiger partial charge in [0.25, 0.3) is 0 Å². The molecule has 1 fully saturated rings. The Balaban J connectivity index is 1.59. The highest BCUT2D eigenvalue weighted by atomic mass is 16.5. The fourth-order valence-electron chi connectivity index (χ4n) is 4.31. The molecular formula is C24H23N5O2. The SMILES string of the molecule is [C-]#[N+]c1ccc2cc1Oc1cccc(c1)CN1CC[C@@H](NCc3cncn3C2C)C1=O. The van der Waals surface area contributed by atoms with Crippen LogP contribution in [0.5, 0.6) is 11.5 Å². The van der Waals surface area contributed by atoms with E-state index in [-0.39, 0.29) is 18.0 Å². The van der Waals surface area contributed by atoms with E-state index in [1.54, 1.807) is 12.4 Å². The molecule has 0 saturated carbocycles. The van der Waals surface area contributed by atoms with Crippen molar-refractivity contribution in [3.8, 4) is 11.5 Å². The molecule has 2 aliphatic rings. The van der Waals surface area contributed by atoms with E-state index in [0.717, 1.165) is 29.8 Å². The summed E-state index contributed by atoms with van der Waals surface area (Å²) in [7, 11) is 0. The minimum absolute atomic E-state index is 0.00329. The first kappa shape index (κ1) is 19.3. The normalized spacial score (nSPS) is 20.6. The topological polar surface area (TPSA) is 63.8 Å². The maximum Gasteiger partial charge on any atom is 0.240 e. The number of carbonyl (C=O) groups is 1. The zero-order chi connectivity index (χ0) is 21.4.